The second kappa shape index (κ2) is 8.64. The standard InChI is InChI=1S/C20H23N3O4/c1-14-4-2-3-5-16(14)17(13-19(24)25)22-20(26)18-12-15(6-7-21-18)23-8-10-27-11-9-23/h2-7,12,17H,8-11,13H2,1H3,(H,22,26)(H,24,25). The normalized spacial score (nSPS) is 15.2. The van der Waals surface area contributed by atoms with Crippen molar-refractivity contribution < 1.29 is 19.4 Å². The van der Waals surface area contributed by atoms with Gasteiger partial charge in [0.1, 0.15) is 5.69 Å². The third kappa shape index (κ3) is 4.83. The van der Waals surface area contributed by atoms with Crippen LogP contribution in [0.25, 0.3) is 0 Å². The summed E-state index contributed by atoms with van der Waals surface area (Å²) < 4.78 is 5.36. The van der Waals surface area contributed by atoms with Crippen molar-refractivity contribution in [2.45, 2.75) is 19.4 Å². The Morgan fingerprint density at radius 3 is 2.70 bits per heavy atom. The number of aromatic nitrogens is 1. The number of rotatable bonds is 6. The van der Waals surface area contributed by atoms with Crippen LogP contribution in [0.4, 0.5) is 5.69 Å². The molecule has 0 saturated carbocycles. The van der Waals surface area contributed by atoms with Crippen LogP contribution in [0.5, 0.6) is 0 Å². The second-order valence-corrected chi connectivity index (χ2v) is 6.48. The molecule has 0 aliphatic carbocycles. The number of morpholine rings is 1. The Kier molecular flexibility index (Phi) is 6.03. The van der Waals surface area contributed by atoms with E-state index < -0.39 is 12.0 Å². The second-order valence-electron chi connectivity index (χ2n) is 6.48. The maximum atomic E-state index is 12.7. The fourth-order valence-electron chi connectivity index (χ4n) is 3.19. The number of carboxylic acids is 1. The number of benzene rings is 1. The minimum atomic E-state index is -0.974. The quantitative estimate of drug-likeness (QED) is 0.811. The summed E-state index contributed by atoms with van der Waals surface area (Å²) in [6.07, 6.45) is 1.40. The van der Waals surface area contributed by atoms with E-state index in [1.165, 1.54) is 0 Å². The molecule has 1 saturated heterocycles. The lowest BCUT2D eigenvalue weighted by atomic mass is 9.98. The van der Waals surface area contributed by atoms with Gasteiger partial charge in [0.25, 0.3) is 5.91 Å². The zero-order valence-corrected chi connectivity index (χ0v) is 15.2. The van der Waals surface area contributed by atoms with Crippen LogP contribution in [0, 0.1) is 6.92 Å². The Balaban J connectivity index is 1.79. The number of nitrogens with one attached hydrogen (secondary N) is 1. The molecule has 1 aromatic carbocycles. The maximum absolute atomic E-state index is 12.7. The Morgan fingerprint density at radius 2 is 2.00 bits per heavy atom. The van der Waals surface area contributed by atoms with Crippen molar-refractivity contribution in [3.05, 3.63) is 59.4 Å². The van der Waals surface area contributed by atoms with Crippen LogP contribution in [-0.2, 0) is 9.53 Å². The highest BCUT2D eigenvalue weighted by atomic mass is 16.5. The third-order valence-corrected chi connectivity index (χ3v) is 4.60. The number of nitrogens with zero attached hydrogens (tertiary/aromatic N) is 2. The van der Waals surface area contributed by atoms with Gasteiger partial charge in [-0.05, 0) is 30.2 Å². The molecule has 0 bridgehead atoms. The monoisotopic (exact) mass is 369 g/mol. The first-order chi connectivity index (χ1) is 13.0. The van der Waals surface area contributed by atoms with Crippen molar-refractivity contribution in [1.29, 1.82) is 0 Å². The summed E-state index contributed by atoms with van der Waals surface area (Å²) in [7, 11) is 0. The number of hydrogen-bond acceptors (Lipinski definition) is 5. The lowest BCUT2D eigenvalue weighted by molar-refractivity contribution is -0.137. The van der Waals surface area contributed by atoms with Gasteiger partial charge in [0, 0.05) is 25.0 Å². The number of hydrogen-bond donors (Lipinski definition) is 2. The average molecular weight is 369 g/mol. The van der Waals surface area contributed by atoms with Crippen LogP contribution in [0.15, 0.2) is 42.6 Å². The van der Waals surface area contributed by atoms with E-state index in [1.54, 1.807) is 12.3 Å². The van der Waals surface area contributed by atoms with Gasteiger partial charge < -0.3 is 20.1 Å². The number of aryl methyl sites for hydroxylation is 1. The molecule has 1 amide bonds. The first kappa shape index (κ1) is 18.8. The minimum absolute atomic E-state index is 0.195. The van der Waals surface area contributed by atoms with Crippen LogP contribution in [0.2, 0.25) is 0 Å². The molecule has 2 heterocycles. The largest absolute Gasteiger partial charge is 0.481 e. The molecule has 7 heteroatoms. The van der Waals surface area contributed by atoms with Gasteiger partial charge in [0.2, 0.25) is 0 Å². The van der Waals surface area contributed by atoms with Gasteiger partial charge in [-0.2, -0.15) is 0 Å². The minimum Gasteiger partial charge on any atom is -0.481 e. The van der Waals surface area contributed by atoms with Crippen LogP contribution in [-0.4, -0.2) is 48.3 Å². The van der Waals surface area contributed by atoms with Crippen molar-refractivity contribution in [3.63, 3.8) is 0 Å². The van der Waals surface area contributed by atoms with E-state index in [0.29, 0.717) is 13.2 Å². The van der Waals surface area contributed by atoms with Crippen molar-refractivity contribution in [2.75, 3.05) is 31.2 Å². The molecule has 1 aliphatic rings. The molecule has 3 rings (SSSR count). The summed E-state index contributed by atoms with van der Waals surface area (Å²) in [4.78, 5) is 30.3. The molecule has 7 nitrogen and oxygen atoms in total. The zero-order valence-electron chi connectivity index (χ0n) is 15.2. The van der Waals surface area contributed by atoms with E-state index in [9.17, 15) is 14.7 Å². The SMILES string of the molecule is Cc1ccccc1C(CC(=O)O)NC(=O)c1cc(N2CCOCC2)ccn1. The highest BCUT2D eigenvalue weighted by Gasteiger charge is 2.21. The first-order valence-corrected chi connectivity index (χ1v) is 8.91. The van der Waals surface area contributed by atoms with Crippen LogP contribution >= 0.6 is 0 Å². The van der Waals surface area contributed by atoms with Gasteiger partial charge >= 0.3 is 5.97 Å². The van der Waals surface area contributed by atoms with Crippen LogP contribution in [0.1, 0.15) is 34.1 Å². The number of pyridine rings is 1. The Hall–Kier alpha value is -2.93. The fraction of sp³-hybridized carbons (Fsp3) is 0.350. The molecule has 1 unspecified atom stereocenters. The van der Waals surface area contributed by atoms with E-state index >= 15 is 0 Å². The number of carbonyl (C=O) groups excluding carboxylic acids is 1. The van der Waals surface area contributed by atoms with E-state index in [0.717, 1.165) is 29.9 Å². The smallest absolute Gasteiger partial charge is 0.305 e. The van der Waals surface area contributed by atoms with Gasteiger partial charge in [-0.25, -0.2) is 0 Å². The average Bonchev–Trinajstić information content (AvgIpc) is 2.68. The Morgan fingerprint density at radius 1 is 1.26 bits per heavy atom. The summed E-state index contributed by atoms with van der Waals surface area (Å²) >= 11 is 0. The molecule has 1 aromatic heterocycles. The third-order valence-electron chi connectivity index (χ3n) is 4.60. The van der Waals surface area contributed by atoms with Crippen molar-refractivity contribution >= 4 is 17.6 Å². The van der Waals surface area contributed by atoms with Gasteiger partial charge in [-0.3, -0.25) is 14.6 Å². The van der Waals surface area contributed by atoms with E-state index in [-0.39, 0.29) is 18.0 Å². The van der Waals surface area contributed by atoms with E-state index in [2.05, 4.69) is 15.2 Å². The number of anilines is 1. The molecule has 1 atom stereocenters. The topological polar surface area (TPSA) is 91.8 Å². The summed E-state index contributed by atoms with van der Waals surface area (Å²) in [6, 6.07) is 10.4. The molecule has 2 aromatic rings. The predicted octanol–water partition coefficient (Wildman–Crippen LogP) is 2.17. The molecule has 0 spiro atoms. The zero-order chi connectivity index (χ0) is 19.2. The van der Waals surface area contributed by atoms with Crippen molar-refractivity contribution in [2.24, 2.45) is 0 Å². The van der Waals surface area contributed by atoms with Gasteiger partial charge in [0.05, 0.1) is 25.7 Å². The number of ether oxygens (including phenoxy) is 1. The number of carbonyl (C=O) groups is 2. The molecular weight excluding hydrogens is 346 g/mol. The van der Waals surface area contributed by atoms with Crippen molar-refractivity contribution in [1.82, 2.24) is 10.3 Å². The van der Waals surface area contributed by atoms with E-state index in [4.69, 9.17) is 4.74 Å². The molecule has 27 heavy (non-hydrogen) atoms. The van der Waals surface area contributed by atoms with Crippen molar-refractivity contribution in [3.8, 4) is 0 Å². The van der Waals surface area contributed by atoms with Crippen LogP contribution in [0.3, 0.4) is 0 Å². The molecule has 0 radical (unpaired) electrons. The predicted molar refractivity (Wildman–Crippen MR) is 101 cm³/mol. The van der Waals surface area contributed by atoms with Gasteiger partial charge in [-0.15, -0.1) is 0 Å². The Bertz CT molecular complexity index is 818. The number of carboxylic acid groups (broad SMARTS) is 1. The highest BCUT2D eigenvalue weighted by Crippen LogP contribution is 2.22. The molecule has 142 valence electrons. The molecular formula is C20H23N3O4. The first-order valence-electron chi connectivity index (χ1n) is 8.91. The maximum Gasteiger partial charge on any atom is 0.305 e. The highest BCUT2D eigenvalue weighted by molar-refractivity contribution is 5.93. The lowest BCUT2D eigenvalue weighted by Gasteiger charge is -2.29. The van der Waals surface area contributed by atoms with Gasteiger partial charge in [-0.1, -0.05) is 24.3 Å². The van der Waals surface area contributed by atoms with Crippen LogP contribution < -0.4 is 10.2 Å². The molecule has 2 N–H and O–H groups in total. The molecule has 1 fully saturated rings. The number of aliphatic carboxylic acids is 1. The van der Waals surface area contributed by atoms with Gasteiger partial charge in [0.15, 0.2) is 0 Å². The fourth-order valence-corrected chi connectivity index (χ4v) is 3.19. The lowest BCUT2D eigenvalue weighted by Crippen LogP contribution is -2.36. The summed E-state index contributed by atoms with van der Waals surface area (Å²) in [5, 5.41) is 12.1. The summed E-state index contributed by atoms with van der Waals surface area (Å²) in [6.45, 7) is 4.72. The summed E-state index contributed by atoms with van der Waals surface area (Å²) in [5.41, 5.74) is 2.89. The number of amides is 1. The Labute approximate surface area is 158 Å². The summed E-state index contributed by atoms with van der Waals surface area (Å²) in [5.74, 6) is -1.36. The molecule has 1 aliphatic heterocycles. The van der Waals surface area contributed by atoms with E-state index in [1.807, 2.05) is 37.3 Å².